The Morgan fingerprint density at radius 2 is 1.65 bits per heavy atom. The molecule has 0 unspecified atom stereocenters. The molecule has 2 aromatic carbocycles. The number of carbonyl (C=O) groups is 2. The quantitative estimate of drug-likeness (QED) is 0.359. The highest BCUT2D eigenvalue weighted by Crippen LogP contribution is 2.29. The number of rotatable bonds is 5. The van der Waals surface area contributed by atoms with Gasteiger partial charge in [0.25, 0.3) is 17.5 Å². The van der Waals surface area contributed by atoms with Gasteiger partial charge in [0.15, 0.2) is 5.76 Å². The third-order valence-electron chi connectivity index (χ3n) is 5.49. The van der Waals surface area contributed by atoms with Crippen molar-refractivity contribution in [3.8, 4) is 11.5 Å². The summed E-state index contributed by atoms with van der Waals surface area (Å²) in [5.74, 6) is -0.142. The fraction of sp³-hybridized carbons (Fsp3) is 0.0769. The molecular formula is C26H20N4O4. The first kappa shape index (κ1) is 21.1. The van der Waals surface area contributed by atoms with Gasteiger partial charge < -0.3 is 19.6 Å². The second-order valence-corrected chi connectivity index (χ2v) is 7.73. The zero-order chi connectivity index (χ0) is 23.7. The van der Waals surface area contributed by atoms with Gasteiger partial charge in [0.05, 0.1) is 22.9 Å². The number of hydrogen-bond acceptors (Lipinski definition) is 6. The molecule has 5 rings (SSSR count). The SMILES string of the molecule is Cc1c(NC(=O)c2cc(-c3ccco3)nc3onc(C)c23)cccc1C(=O)Nc1ccccc1. The van der Waals surface area contributed by atoms with E-state index < -0.39 is 0 Å². The normalized spacial score (nSPS) is 10.9. The van der Waals surface area contributed by atoms with Crippen LogP contribution >= 0.6 is 0 Å². The smallest absolute Gasteiger partial charge is 0.259 e. The topological polar surface area (TPSA) is 110 Å². The molecule has 3 heterocycles. The molecule has 0 aliphatic heterocycles. The summed E-state index contributed by atoms with van der Waals surface area (Å²) in [6, 6.07) is 19.5. The highest BCUT2D eigenvalue weighted by atomic mass is 16.5. The highest BCUT2D eigenvalue weighted by Gasteiger charge is 2.21. The molecule has 2 N–H and O–H groups in total. The Bertz CT molecular complexity index is 1510. The maximum atomic E-state index is 13.4. The van der Waals surface area contributed by atoms with Crippen molar-refractivity contribution < 1.29 is 18.5 Å². The first-order valence-electron chi connectivity index (χ1n) is 10.6. The van der Waals surface area contributed by atoms with Crippen LogP contribution in [0, 0.1) is 13.8 Å². The molecule has 5 aromatic rings. The molecule has 2 amide bonds. The first-order chi connectivity index (χ1) is 16.5. The van der Waals surface area contributed by atoms with Crippen molar-refractivity contribution in [2.45, 2.75) is 13.8 Å². The standard InChI is InChI=1S/C26H20N4O4/c1-15-18(24(31)27-17-8-4-3-5-9-17)10-6-11-20(15)28-25(32)19-14-21(22-12-7-13-33-22)29-26-23(19)16(2)30-34-26/h3-14H,1-2H3,(H,27,31)(H,28,32). The predicted octanol–water partition coefficient (Wildman–Crippen LogP) is 5.60. The van der Waals surface area contributed by atoms with Crippen LogP contribution in [-0.2, 0) is 0 Å². The summed E-state index contributed by atoms with van der Waals surface area (Å²) in [5, 5.41) is 10.3. The van der Waals surface area contributed by atoms with E-state index in [1.807, 2.05) is 30.3 Å². The van der Waals surface area contributed by atoms with Crippen molar-refractivity contribution in [1.29, 1.82) is 0 Å². The number of furan rings is 1. The van der Waals surface area contributed by atoms with E-state index in [9.17, 15) is 9.59 Å². The van der Waals surface area contributed by atoms with Gasteiger partial charge in [0.1, 0.15) is 5.69 Å². The zero-order valence-electron chi connectivity index (χ0n) is 18.5. The monoisotopic (exact) mass is 452 g/mol. The number of hydrogen-bond donors (Lipinski definition) is 2. The summed E-state index contributed by atoms with van der Waals surface area (Å²) in [6.45, 7) is 3.53. The van der Waals surface area contributed by atoms with E-state index >= 15 is 0 Å². The lowest BCUT2D eigenvalue weighted by atomic mass is 10.0. The summed E-state index contributed by atoms with van der Waals surface area (Å²) in [7, 11) is 0. The maximum absolute atomic E-state index is 13.4. The van der Waals surface area contributed by atoms with Crippen molar-refractivity contribution in [2.75, 3.05) is 10.6 Å². The predicted molar refractivity (Wildman–Crippen MR) is 128 cm³/mol. The van der Waals surface area contributed by atoms with Gasteiger partial charge in [-0.3, -0.25) is 9.59 Å². The van der Waals surface area contributed by atoms with Crippen molar-refractivity contribution >= 4 is 34.3 Å². The average molecular weight is 452 g/mol. The maximum Gasteiger partial charge on any atom is 0.259 e. The van der Waals surface area contributed by atoms with Gasteiger partial charge >= 0.3 is 0 Å². The third-order valence-corrected chi connectivity index (χ3v) is 5.49. The minimum absolute atomic E-state index is 0.240. The van der Waals surface area contributed by atoms with Crippen LogP contribution in [0.2, 0.25) is 0 Å². The Labute approximate surface area is 194 Å². The van der Waals surface area contributed by atoms with Crippen LogP contribution in [0.15, 0.2) is 81.9 Å². The van der Waals surface area contributed by atoms with Crippen molar-refractivity contribution in [1.82, 2.24) is 10.1 Å². The molecule has 0 atom stereocenters. The Morgan fingerprint density at radius 3 is 2.41 bits per heavy atom. The Hall–Kier alpha value is -4.72. The van der Waals surface area contributed by atoms with Gasteiger partial charge in [-0.1, -0.05) is 29.4 Å². The number of benzene rings is 2. The largest absolute Gasteiger partial charge is 0.463 e. The van der Waals surface area contributed by atoms with E-state index in [2.05, 4.69) is 20.8 Å². The average Bonchev–Trinajstić information content (AvgIpc) is 3.51. The van der Waals surface area contributed by atoms with E-state index in [0.29, 0.717) is 50.6 Å². The Morgan fingerprint density at radius 1 is 0.853 bits per heavy atom. The lowest BCUT2D eigenvalue weighted by molar-refractivity contribution is 0.101. The van der Waals surface area contributed by atoms with Crippen LogP contribution in [0.4, 0.5) is 11.4 Å². The molecule has 0 spiro atoms. The number of carbonyl (C=O) groups excluding carboxylic acids is 2. The van der Waals surface area contributed by atoms with Gasteiger partial charge in [-0.15, -0.1) is 0 Å². The number of anilines is 2. The van der Waals surface area contributed by atoms with Crippen LogP contribution in [0.5, 0.6) is 0 Å². The first-order valence-corrected chi connectivity index (χ1v) is 10.6. The molecule has 0 saturated carbocycles. The van der Waals surface area contributed by atoms with Gasteiger partial charge in [-0.2, -0.15) is 0 Å². The zero-order valence-corrected chi connectivity index (χ0v) is 18.5. The number of nitrogens with one attached hydrogen (secondary N) is 2. The Balaban J connectivity index is 1.48. The molecule has 0 fully saturated rings. The molecule has 0 aliphatic carbocycles. The second-order valence-electron chi connectivity index (χ2n) is 7.73. The number of fused-ring (bicyclic) bond motifs is 1. The fourth-order valence-corrected chi connectivity index (χ4v) is 3.75. The molecule has 8 heteroatoms. The number of pyridine rings is 1. The lowest BCUT2D eigenvalue weighted by Crippen LogP contribution is -2.17. The molecule has 3 aromatic heterocycles. The molecule has 0 saturated heterocycles. The van der Waals surface area contributed by atoms with Crippen molar-refractivity contribution in [3.63, 3.8) is 0 Å². The van der Waals surface area contributed by atoms with Crippen LogP contribution in [0.1, 0.15) is 32.0 Å². The minimum Gasteiger partial charge on any atom is -0.463 e. The molecule has 34 heavy (non-hydrogen) atoms. The summed E-state index contributed by atoms with van der Waals surface area (Å²) >= 11 is 0. The third kappa shape index (κ3) is 3.93. The lowest BCUT2D eigenvalue weighted by Gasteiger charge is -2.13. The summed E-state index contributed by atoms with van der Waals surface area (Å²) in [6.07, 6.45) is 1.53. The van der Waals surface area contributed by atoms with Gasteiger partial charge in [0.2, 0.25) is 0 Å². The van der Waals surface area contributed by atoms with E-state index in [1.165, 1.54) is 6.26 Å². The molecule has 0 radical (unpaired) electrons. The highest BCUT2D eigenvalue weighted by molar-refractivity contribution is 6.14. The van der Waals surface area contributed by atoms with Crippen LogP contribution in [0.3, 0.4) is 0 Å². The van der Waals surface area contributed by atoms with Crippen LogP contribution in [-0.4, -0.2) is 22.0 Å². The summed E-state index contributed by atoms with van der Waals surface area (Å²) < 4.78 is 10.8. The van der Waals surface area contributed by atoms with E-state index in [4.69, 9.17) is 8.94 Å². The van der Waals surface area contributed by atoms with E-state index in [0.717, 1.165) is 0 Å². The fourth-order valence-electron chi connectivity index (χ4n) is 3.75. The molecule has 8 nitrogen and oxygen atoms in total. The second kappa shape index (κ2) is 8.67. The van der Waals surface area contributed by atoms with Crippen molar-refractivity contribution in [3.05, 3.63) is 95.4 Å². The Kier molecular flexibility index (Phi) is 5.39. The van der Waals surface area contributed by atoms with Gasteiger partial charge in [0, 0.05) is 16.9 Å². The van der Waals surface area contributed by atoms with Crippen LogP contribution < -0.4 is 10.6 Å². The van der Waals surface area contributed by atoms with Gasteiger partial charge in [-0.05, 0) is 61.9 Å². The van der Waals surface area contributed by atoms with Gasteiger partial charge in [-0.25, -0.2) is 4.98 Å². The molecule has 0 bridgehead atoms. The van der Waals surface area contributed by atoms with Crippen molar-refractivity contribution in [2.24, 2.45) is 0 Å². The van der Waals surface area contributed by atoms with E-state index in [1.54, 1.807) is 50.2 Å². The summed E-state index contributed by atoms with van der Waals surface area (Å²) in [5.41, 5.74) is 3.89. The van der Waals surface area contributed by atoms with Crippen LogP contribution in [0.25, 0.3) is 22.6 Å². The minimum atomic E-state index is -0.379. The number of aromatic nitrogens is 2. The number of amides is 2. The number of para-hydroxylation sites is 1. The molecule has 0 aliphatic rings. The molecule has 168 valence electrons. The van der Waals surface area contributed by atoms with E-state index in [-0.39, 0.29) is 17.5 Å². The number of nitrogens with zero attached hydrogens (tertiary/aromatic N) is 2. The number of aryl methyl sites for hydroxylation is 1. The molecular weight excluding hydrogens is 432 g/mol. The summed E-state index contributed by atoms with van der Waals surface area (Å²) in [4.78, 5) is 30.7.